The zero-order valence-electron chi connectivity index (χ0n) is 13.6. The Kier molecular flexibility index (Phi) is 5.43. The van der Waals surface area contributed by atoms with E-state index in [1.807, 2.05) is 0 Å². The summed E-state index contributed by atoms with van der Waals surface area (Å²) in [6.07, 6.45) is 10.1. The maximum atomic E-state index is 12.2. The Bertz CT molecular complexity index is 558. The number of H-pyrrole nitrogens is 1. The number of hydrogen-bond acceptors (Lipinski definition) is 4. The quantitative estimate of drug-likeness (QED) is 0.831. The molecule has 6 nitrogen and oxygen atoms in total. The predicted molar refractivity (Wildman–Crippen MR) is 88.4 cm³/mol. The molecule has 1 aromatic rings. The highest BCUT2D eigenvalue weighted by atomic mass is 16.2. The summed E-state index contributed by atoms with van der Waals surface area (Å²) in [6.45, 7) is 2.08. The molecule has 0 unspecified atom stereocenters. The predicted octanol–water partition coefficient (Wildman–Crippen LogP) is 1.69. The maximum Gasteiger partial charge on any atom is 0.271 e. The van der Waals surface area contributed by atoms with Crippen molar-refractivity contribution in [3.63, 3.8) is 0 Å². The summed E-state index contributed by atoms with van der Waals surface area (Å²) in [5.41, 5.74) is -0.0186. The lowest BCUT2D eigenvalue weighted by atomic mass is 10.00. The number of likely N-dealkylation sites (tertiary alicyclic amines) is 1. The highest BCUT2D eigenvalue weighted by Gasteiger charge is 2.27. The Morgan fingerprint density at radius 3 is 2.61 bits per heavy atom. The molecule has 2 N–H and O–H groups in total. The molecule has 0 spiro atoms. The molecular formula is C17H26N4O2. The Morgan fingerprint density at radius 1 is 1.13 bits per heavy atom. The molecule has 6 heteroatoms. The van der Waals surface area contributed by atoms with Gasteiger partial charge < -0.3 is 5.32 Å². The summed E-state index contributed by atoms with van der Waals surface area (Å²) in [4.78, 5) is 25.8. The lowest BCUT2D eigenvalue weighted by Gasteiger charge is -2.38. The molecule has 0 radical (unpaired) electrons. The fourth-order valence-electron chi connectivity index (χ4n) is 3.81. The Hall–Kier alpha value is -1.69. The molecule has 0 aromatic carbocycles. The standard InChI is InChI=1S/C17H26N4O2/c22-16-10-9-15(19-20-16)17(23)18-13-6-5-11-21(12-13)14-7-3-1-2-4-8-14/h9-10,13-14H,1-8,11-12H2,(H,18,23)(H,20,22)/t13-/m1/s1. The van der Waals surface area contributed by atoms with Crippen LogP contribution in [0.2, 0.25) is 0 Å². The van der Waals surface area contributed by atoms with Crippen LogP contribution in [0.25, 0.3) is 0 Å². The van der Waals surface area contributed by atoms with Crippen LogP contribution in [-0.4, -0.2) is 46.2 Å². The van der Waals surface area contributed by atoms with E-state index in [-0.39, 0.29) is 23.2 Å². The van der Waals surface area contributed by atoms with E-state index in [2.05, 4.69) is 20.4 Å². The molecule has 2 heterocycles. The van der Waals surface area contributed by atoms with Crippen molar-refractivity contribution in [1.82, 2.24) is 20.4 Å². The molecule has 23 heavy (non-hydrogen) atoms. The third-order valence-electron chi connectivity index (χ3n) is 5.04. The van der Waals surface area contributed by atoms with Crippen molar-refractivity contribution in [2.24, 2.45) is 0 Å². The van der Waals surface area contributed by atoms with Crippen LogP contribution < -0.4 is 10.9 Å². The van der Waals surface area contributed by atoms with E-state index in [4.69, 9.17) is 0 Å². The van der Waals surface area contributed by atoms with Gasteiger partial charge in [0, 0.05) is 24.7 Å². The first-order chi connectivity index (χ1) is 11.2. The molecule has 1 saturated heterocycles. The molecule has 0 bridgehead atoms. The monoisotopic (exact) mass is 318 g/mol. The second-order valence-electron chi connectivity index (χ2n) is 6.76. The van der Waals surface area contributed by atoms with E-state index in [0.717, 1.165) is 25.9 Å². The zero-order valence-corrected chi connectivity index (χ0v) is 13.6. The smallest absolute Gasteiger partial charge is 0.271 e. The highest BCUT2D eigenvalue weighted by molar-refractivity contribution is 5.92. The molecule has 2 aliphatic rings. The van der Waals surface area contributed by atoms with Crippen molar-refractivity contribution < 1.29 is 4.79 Å². The Labute approximate surface area is 136 Å². The average molecular weight is 318 g/mol. The Balaban J connectivity index is 1.56. The van der Waals surface area contributed by atoms with Crippen LogP contribution >= 0.6 is 0 Å². The number of hydrogen-bond donors (Lipinski definition) is 2. The van der Waals surface area contributed by atoms with E-state index in [1.165, 1.54) is 50.7 Å². The van der Waals surface area contributed by atoms with Crippen LogP contribution in [0.4, 0.5) is 0 Å². The number of aromatic nitrogens is 2. The van der Waals surface area contributed by atoms with Gasteiger partial charge >= 0.3 is 0 Å². The van der Waals surface area contributed by atoms with E-state index in [0.29, 0.717) is 6.04 Å². The summed E-state index contributed by atoms with van der Waals surface area (Å²) < 4.78 is 0. The van der Waals surface area contributed by atoms with Crippen molar-refractivity contribution in [1.29, 1.82) is 0 Å². The first-order valence-electron chi connectivity index (χ1n) is 8.83. The summed E-state index contributed by atoms with van der Waals surface area (Å²) in [6, 6.07) is 3.66. The highest BCUT2D eigenvalue weighted by Crippen LogP contribution is 2.24. The van der Waals surface area contributed by atoms with Gasteiger partial charge in [0.2, 0.25) is 0 Å². The van der Waals surface area contributed by atoms with E-state index in [9.17, 15) is 9.59 Å². The van der Waals surface area contributed by atoms with Crippen molar-refractivity contribution in [3.8, 4) is 0 Å². The van der Waals surface area contributed by atoms with Gasteiger partial charge in [-0.2, -0.15) is 5.10 Å². The molecule has 2 fully saturated rings. The number of amides is 1. The van der Waals surface area contributed by atoms with Crippen LogP contribution in [0.15, 0.2) is 16.9 Å². The van der Waals surface area contributed by atoms with E-state index >= 15 is 0 Å². The fraction of sp³-hybridized carbons (Fsp3) is 0.706. The van der Waals surface area contributed by atoms with Crippen molar-refractivity contribution in [3.05, 3.63) is 28.2 Å². The summed E-state index contributed by atoms with van der Waals surface area (Å²) in [7, 11) is 0. The van der Waals surface area contributed by atoms with Gasteiger partial charge in [0.25, 0.3) is 11.5 Å². The number of rotatable bonds is 3. The minimum absolute atomic E-state index is 0.174. The molecule has 1 saturated carbocycles. The number of nitrogens with zero attached hydrogens (tertiary/aromatic N) is 2. The van der Waals surface area contributed by atoms with Crippen LogP contribution in [0.1, 0.15) is 61.9 Å². The van der Waals surface area contributed by atoms with Crippen LogP contribution in [0, 0.1) is 0 Å². The van der Waals surface area contributed by atoms with Crippen LogP contribution in [0.3, 0.4) is 0 Å². The van der Waals surface area contributed by atoms with Gasteiger partial charge in [0.05, 0.1) is 0 Å². The minimum Gasteiger partial charge on any atom is -0.347 e. The zero-order chi connectivity index (χ0) is 16.1. The lowest BCUT2D eigenvalue weighted by Crippen LogP contribution is -2.51. The van der Waals surface area contributed by atoms with Gasteiger partial charge in [-0.25, -0.2) is 5.10 Å². The first kappa shape index (κ1) is 16.2. The van der Waals surface area contributed by atoms with Gasteiger partial charge in [-0.05, 0) is 38.3 Å². The first-order valence-corrected chi connectivity index (χ1v) is 8.83. The number of carbonyl (C=O) groups excluding carboxylic acids is 1. The molecule has 1 atom stereocenters. The van der Waals surface area contributed by atoms with Crippen molar-refractivity contribution >= 4 is 5.91 Å². The molecule has 1 aliphatic heterocycles. The molecule has 1 aromatic heterocycles. The van der Waals surface area contributed by atoms with E-state index in [1.54, 1.807) is 0 Å². The second kappa shape index (κ2) is 7.73. The molecule has 3 rings (SSSR count). The largest absolute Gasteiger partial charge is 0.347 e. The summed E-state index contributed by atoms with van der Waals surface area (Å²) in [5.74, 6) is -0.200. The third-order valence-corrected chi connectivity index (χ3v) is 5.04. The fourth-order valence-corrected chi connectivity index (χ4v) is 3.81. The van der Waals surface area contributed by atoms with Crippen LogP contribution in [0.5, 0.6) is 0 Å². The minimum atomic E-state index is -0.293. The molecule has 1 aliphatic carbocycles. The van der Waals surface area contributed by atoms with Gasteiger partial charge in [-0.15, -0.1) is 0 Å². The molecular weight excluding hydrogens is 292 g/mol. The van der Waals surface area contributed by atoms with Crippen LogP contribution in [-0.2, 0) is 0 Å². The third kappa shape index (κ3) is 4.41. The van der Waals surface area contributed by atoms with E-state index < -0.39 is 0 Å². The normalized spacial score (nSPS) is 24.1. The molecule has 126 valence electrons. The number of carbonyl (C=O) groups is 1. The second-order valence-corrected chi connectivity index (χ2v) is 6.76. The van der Waals surface area contributed by atoms with Gasteiger partial charge in [-0.1, -0.05) is 25.7 Å². The summed E-state index contributed by atoms with van der Waals surface area (Å²) >= 11 is 0. The number of piperidine rings is 1. The topological polar surface area (TPSA) is 78.1 Å². The van der Waals surface area contributed by atoms with Gasteiger partial charge in [0.1, 0.15) is 5.69 Å². The summed E-state index contributed by atoms with van der Waals surface area (Å²) in [5, 5.41) is 9.18. The van der Waals surface area contributed by atoms with Crippen molar-refractivity contribution in [2.45, 2.75) is 63.5 Å². The average Bonchev–Trinajstić information content (AvgIpc) is 2.85. The van der Waals surface area contributed by atoms with Gasteiger partial charge in [-0.3, -0.25) is 14.5 Å². The van der Waals surface area contributed by atoms with Crippen molar-refractivity contribution in [2.75, 3.05) is 13.1 Å². The van der Waals surface area contributed by atoms with Gasteiger partial charge in [0.15, 0.2) is 0 Å². The number of aromatic amines is 1. The maximum absolute atomic E-state index is 12.2. The SMILES string of the molecule is O=C(N[C@@H]1CCCN(C2CCCCCC2)C1)c1ccc(=O)[nH]n1. The molecule has 1 amide bonds. The lowest BCUT2D eigenvalue weighted by molar-refractivity contribution is 0.0855. The number of nitrogens with one attached hydrogen (secondary N) is 2. The Morgan fingerprint density at radius 2 is 1.91 bits per heavy atom.